The normalized spacial score (nSPS) is 13.7. The average molecular weight is 409 g/mol. The molecule has 2 amide bonds. The van der Waals surface area contributed by atoms with Crippen LogP contribution in [0.15, 0.2) is 84.9 Å². The molecule has 3 aromatic rings. The Bertz CT molecular complexity index is 1110. The maximum Gasteiger partial charge on any atom is 0.321 e. The molecule has 0 saturated carbocycles. The Morgan fingerprint density at radius 3 is 2.10 bits per heavy atom. The van der Waals surface area contributed by atoms with E-state index in [2.05, 4.69) is 17.2 Å². The molecule has 0 aliphatic carbocycles. The molecular formula is C27H24N2O2. The zero-order chi connectivity index (χ0) is 21.5. The third kappa shape index (κ3) is 5.40. The summed E-state index contributed by atoms with van der Waals surface area (Å²) in [4.78, 5) is 27.1. The number of carbonyl (C=O) groups is 2. The summed E-state index contributed by atoms with van der Waals surface area (Å²) in [6.07, 6.45) is 1.37. The number of benzene rings is 3. The fraction of sp³-hybridized carbons (Fsp3) is 0.185. The number of nitrogens with one attached hydrogen (secondary N) is 1. The van der Waals surface area contributed by atoms with Crippen molar-refractivity contribution in [2.75, 3.05) is 18.4 Å². The number of nitrogens with zero attached hydrogens (tertiary/aromatic N) is 1. The smallest absolute Gasteiger partial charge is 0.321 e. The fourth-order valence-corrected chi connectivity index (χ4v) is 3.73. The molecule has 0 unspecified atom stereocenters. The number of piperidine rings is 1. The lowest BCUT2D eigenvalue weighted by Crippen LogP contribution is -2.42. The number of carbonyl (C=O) groups excluding carboxylic acids is 2. The molecule has 31 heavy (non-hydrogen) atoms. The number of rotatable bonds is 3. The predicted molar refractivity (Wildman–Crippen MR) is 123 cm³/mol. The van der Waals surface area contributed by atoms with Crippen LogP contribution in [0, 0.1) is 17.8 Å². The maximum atomic E-state index is 12.7. The number of hydrogen-bond acceptors (Lipinski definition) is 2. The van der Waals surface area contributed by atoms with Crippen molar-refractivity contribution < 1.29 is 9.59 Å². The van der Waals surface area contributed by atoms with Gasteiger partial charge in [-0.1, -0.05) is 66.4 Å². The van der Waals surface area contributed by atoms with Crippen LogP contribution in [0.4, 0.5) is 10.5 Å². The van der Waals surface area contributed by atoms with Crippen LogP contribution in [0.25, 0.3) is 0 Å². The molecule has 154 valence electrons. The maximum absolute atomic E-state index is 12.7. The topological polar surface area (TPSA) is 49.4 Å². The number of amides is 2. The van der Waals surface area contributed by atoms with E-state index in [1.165, 1.54) is 0 Å². The van der Waals surface area contributed by atoms with Crippen molar-refractivity contribution in [3.63, 3.8) is 0 Å². The Hall–Kier alpha value is -3.84. The van der Waals surface area contributed by atoms with E-state index in [1.807, 2.05) is 84.9 Å². The van der Waals surface area contributed by atoms with Gasteiger partial charge < -0.3 is 10.2 Å². The molecule has 1 saturated heterocycles. The summed E-state index contributed by atoms with van der Waals surface area (Å²) in [6, 6.07) is 26.6. The van der Waals surface area contributed by atoms with Gasteiger partial charge in [-0.15, -0.1) is 0 Å². The lowest BCUT2D eigenvalue weighted by Gasteiger charge is -2.31. The Morgan fingerprint density at radius 1 is 0.774 bits per heavy atom. The SMILES string of the molecule is O=C(c1ccccc1)C1CCN(C(=O)Nc2cccc(C#Cc3ccccc3)c2)CC1. The van der Waals surface area contributed by atoms with Crippen LogP contribution in [0.2, 0.25) is 0 Å². The van der Waals surface area contributed by atoms with Crippen LogP contribution in [0.1, 0.15) is 34.3 Å². The molecule has 0 bridgehead atoms. The van der Waals surface area contributed by atoms with E-state index < -0.39 is 0 Å². The summed E-state index contributed by atoms with van der Waals surface area (Å²) in [7, 11) is 0. The van der Waals surface area contributed by atoms with Gasteiger partial charge in [0, 0.05) is 41.4 Å². The Kier molecular flexibility index (Phi) is 6.44. The molecule has 0 atom stereocenters. The van der Waals surface area contributed by atoms with Crippen LogP contribution >= 0.6 is 0 Å². The predicted octanol–water partition coefficient (Wildman–Crippen LogP) is 5.21. The third-order valence-electron chi connectivity index (χ3n) is 5.45. The van der Waals surface area contributed by atoms with Gasteiger partial charge in [-0.3, -0.25) is 4.79 Å². The highest BCUT2D eigenvalue weighted by molar-refractivity contribution is 5.98. The van der Waals surface area contributed by atoms with Crippen molar-refractivity contribution in [2.24, 2.45) is 5.92 Å². The van der Waals surface area contributed by atoms with E-state index in [4.69, 9.17) is 0 Å². The van der Waals surface area contributed by atoms with Gasteiger partial charge in [-0.25, -0.2) is 4.79 Å². The summed E-state index contributed by atoms with van der Waals surface area (Å²) in [5, 5.41) is 2.96. The van der Waals surface area contributed by atoms with Crippen LogP contribution in [-0.2, 0) is 0 Å². The van der Waals surface area contributed by atoms with E-state index in [1.54, 1.807) is 4.90 Å². The highest BCUT2D eigenvalue weighted by atomic mass is 16.2. The summed E-state index contributed by atoms with van der Waals surface area (Å²) in [5.41, 5.74) is 3.25. The minimum absolute atomic E-state index is 0.0250. The second-order valence-corrected chi connectivity index (χ2v) is 7.62. The standard InChI is InChI=1S/C27H24N2O2/c30-26(23-11-5-2-6-12-23)24-16-18-29(19-17-24)27(31)28-25-13-7-10-22(20-25)15-14-21-8-3-1-4-9-21/h1-13,20,24H,16-19H2,(H,28,31). The van der Waals surface area contributed by atoms with Crippen LogP contribution in [0.5, 0.6) is 0 Å². The van der Waals surface area contributed by atoms with Crippen molar-refractivity contribution in [3.05, 3.63) is 102 Å². The number of ketones is 1. The van der Waals surface area contributed by atoms with Crippen LogP contribution < -0.4 is 5.32 Å². The second kappa shape index (κ2) is 9.77. The van der Waals surface area contributed by atoms with Crippen LogP contribution in [0.3, 0.4) is 0 Å². The molecule has 0 aromatic heterocycles. The lowest BCUT2D eigenvalue weighted by atomic mass is 9.89. The molecular weight excluding hydrogens is 384 g/mol. The van der Waals surface area contributed by atoms with Crippen molar-refractivity contribution in [1.29, 1.82) is 0 Å². The monoisotopic (exact) mass is 408 g/mol. The van der Waals surface area contributed by atoms with Gasteiger partial charge in [0.1, 0.15) is 0 Å². The van der Waals surface area contributed by atoms with E-state index in [0.29, 0.717) is 31.6 Å². The Balaban J connectivity index is 1.33. The molecule has 1 fully saturated rings. The summed E-state index contributed by atoms with van der Waals surface area (Å²) in [5.74, 6) is 6.41. The van der Waals surface area contributed by atoms with E-state index in [0.717, 1.165) is 16.7 Å². The minimum atomic E-state index is -0.140. The zero-order valence-corrected chi connectivity index (χ0v) is 17.3. The molecule has 1 heterocycles. The zero-order valence-electron chi connectivity index (χ0n) is 17.3. The highest BCUT2D eigenvalue weighted by Gasteiger charge is 2.27. The van der Waals surface area contributed by atoms with Gasteiger partial charge in [0.15, 0.2) is 5.78 Å². The first kappa shape index (κ1) is 20.4. The molecule has 0 spiro atoms. The largest absolute Gasteiger partial charge is 0.324 e. The molecule has 4 rings (SSSR count). The highest BCUT2D eigenvalue weighted by Crippen LogP contribution is 2.22. The first-order chi connectivity index (χ1) is 15.2. The van der Waals surface area contributed by atoms with E-state index in [-0.39, 0.29) is 17.7 Å². The molecule has 0 radical (unpaired) electrons. The Labute approximate surface area is 182 Å². The number of Topliss-reactive ketones (excluding diaryl/α,β-unsaturated/α-hetero) is 1. The number of anilines is 1. The van der Waals surface area contributed by atoms with Gasteiger partial charge in [0.05, 0.1) is 0 Å². The number of likely N-dealkylation sites (tertiary alicyclic amines) is 1. The number of hydrogen-bond donors (Lipinski definition) is 1. The summed E-state index contributed by atoms with van der Waals surface area (Å²) in [6.45, 7) is 1.14. The van der Waals surface area contributed by atoms with Crippen molar-refractivity contribution in [2.45, 2.75) is 12.8 Å². The average Bonchev–Trinajstić information content (AvgIpc) is 2.84. The van der Waals surface area contributed by atoms with Gasteiger partial charge in [-0.2, -0.15) is 0 Å². The van der Waals surface area contributed by atoms with Gasteiger partial charge in [0.2, 0.25) is 0 Å². The third-order valence-corrected chi connectivity index (χ3v) is 5.45. The molecule has 3 aromatic carbocycles. The van der Waals surface area contributed by atoms with Crippen LogP contribution in [-0.4, -0.2) is 29.8 Å². The molecule has 1 aliphatic heterocycles. The van der Waals surface area contributed by atoms with Crippen molar-refractivity contribution in [1.82, 2.24) is 4.90 Å². The Morgan fingerprint density at radius 2 is 1.39 bits per heavy atom. The quantitative estimate of drug-likeness (QED) is 0.478. The first-order valence-corrected chi connectivity index (χ1v) is 10.5. The lowest BCUT2D eigenvalue weighted by molar-refractivity contribution is 0.0859. The van der Waals surface area contributed by atoms with Gasteiger partial charge in [-0.05, 0) is 43.2 Å². The number of urea groups is 1. The van der Waals surface area contributed by atoms with Crippen molar-refractivity contribution in [3.8, 4) is 11.8 Å². The van der Waals surface area contributed by atoms with E-state index in [9.17, 15) is 9.59 Å². The minimum Gasteiger partial charge on any atom is -0.324 e. The molecule has 1 N–H and O–H groups in total. The van der Waals surface area contributed by atoms with Crippen molar-refractivity contribution >= 4 is 17.5 Å². The van der Waals surface area contributed by atoms with Gasteiger partial charge >= 0.3 is 6.03 Å². The molecule has 4 heteroatoms. The first-order valence-electron chi connectivity index (χ1n) is 10.5. The van der Waals surface area contributed by atoms with E-state index >= 15 is 0 Å². The summed E-state index contributed by atoms with van der Waals surface area (Å²) >= 11 is 0. The fourth-order valence-electron chi connectivity index (χ4n) is 3.73. The molecule has 1 aliphatic rings. The second-order valence-electron chi connectivity index (χ2n) is 7.62. The summed E-state index contributed by atoms with van der Waals surface area (Å²) < 4.78 is 0. The van der Waals surface area contributed by atoms with Gasteiger partial charge in [0.25, 0.3) is 0 Å². The molecule has 4 nitrogen and oxygen atoms in total.